The van der Waals surface area contributed by atoms with Gasteiger partial charge in [-0.05, 0) is 50.6 Å². The van der Waals surface area contributed by atoms with E-state index < -0.39 is 17.6 Å². The molecule has 2 aliphatic carbocycles. The van der Waals surface area contributed by atoms with E-state index in [4.69, 9.17) is 4.74 Å². The standard InChI is InChI=1S/C25H27FN4O4/c1-28-6-8-29(9-7-28)25(33)17-13-30-19-5-4-15(31)10-20(19)34-24-21(27-12-14-2-3-14)18(26)11-16(22(24)30)23(17)32/h4-5,10-11,13-14,18,21,27,31H,2-3,6-9,12H2,1H3. The second-order valence-corrected chi connectivity index (χ2v) is 9.66. The van der Waals surface area contributed by atoms with Crippen LogP contribution in [-0.2, 0) is 0 Å². The maximum atomic E-state index is 15.4. The molecule has 2 unspecified atom stereocenters. The summed E-state index contributed by atoms with van der Waals surface area (Å²) >= 11 is 0. The maximum Gasteiger partial charge on any atom is 0.259 e. The number of nitrogens with one attached hydrogen (secondary N) is 1. The van der Waals surface area contributed by atoms with E-state index in [2.05, 4.69) is 10.2 Å². The van der Waals surface area contributed by atoms with Gasteiger partial charge >= 0.3 is 0 Å². The number of rotatable bonds is 4. The number of alkyl halides is 1. The van der Waals surface area contributed by atoms with Gasteiger partial charge in [-0.2, -0.15) is 0 Å². The Labute approximate surface area is 195 Å². The fraction of sp³-hybridized carbons (Fsp3) is 0.440. The smallest absolute Gasteiger partial charge is 0.259 e. The molecule has 1 aromatic heterocycles. The molecule has 1 saturated carbocycles. The number of aromatic hydroxyl groups is 1. The Hall–Kier alpha value is -3.17. The number of ether oxygens (including phenoxy) is 1. The van der Waals surface area contributed by atoms with Crippen molar-refractivity contribution >= 4 is 17.7 Å². The number of fused-ring (bicyclic) bond motifs is 2. The number of hydrogen-bond donors (Lipinski definition) is 2. The van der Waals surface area contributed by atoms with Gasteiger partial charge in [-0.15, -0.1) is 0 Å². The second-order valence-electron chi connectivity index (χ2n) is 9.66. The van der Waals surface area contributed by atoms with Gasteiger partial charge in [0.15, 0.2) is 5.75 Å². The number of hydrogen-bond acceptors (Lipinski definition) is 6. The number of benzene rings is 1. The van der Waals surface area contributed by atoms with Gasteiger partial charge in [0.05, 0.1) is 11.0 Å². The third-order valence-electron chi connectivity index (χ3n) is 7.17. The summed E-state index contributed by atoms with van der Waals surface area (Å²) < 4.78 is 23.3. The molecule has 2 N–H and O–H groups in total. The number of phenols is 1. The first kappa shape index (κ1) is 21.4. The summed E-state index contributed by atoms with van der Waals surface area (Å²) in [5.41, 5.74) is 0.107. The minimum Gasteiger partial charge on any atom is -0.508 e. The third kappa shape index (κ3) is 3.50. The van der Waals surface area contributed by atoms with Crippen LogP contribution in [0.5, 0.6) is 11.5 Å². The summed E-state index contributed by atoms with van der Waals surface area (Å²) in [5, 5.41) is 13.9. The topological polar surface area (TPSA) is 87.0 Å². The van der Waals surface area contributed by atoms with Crippen molar-refractivity contribution in [2.45, 2.75) is 25.1 Å². The fourth-order valence-electron chi connectivity index (χ4n) is 4.95. The van der Waals surface area contributed by atoms with Gasteiger partial charge < -0.3 is 29.5 Å². The van der Waals surface area contributed by atoms with Gasteiger partial charge in [0.1, 0.15) is 29.3 Å². The number of phenolic OH excluding ortho intramolecular Hbond substituents is 1. The molecule has 1 saturated heterocycles. The van der Waals surface area contributed by atoms with Crippen molar-refractivity contribution in [1.29, 1.82) is 0 Å². The average molecular weight is 467 g/mol. The van der Waals surface area contributed by atoms with Crippen molar-refractivity contribution in [2.75, 3.05) is 39.8 Å². The predicted octanol–water partition coefficient (Wildman–Crippen LogP) is -0.0683. The monoisotopic (exact) mass is 466 g/mol. The van der Waals surface area contributed by atoms with E-state index in [9.17, 15) is 14.7 Å². The summed E-state index contributed by atoms with van der Waals surface area (Å²) in [5.74, 6) is 0.844. The Balaban J connectivity index is 1.53. The summed E-state index contributed by atoms with van der Waals surface area (Å²) in [7, 11) is 1.99. The van der Waals surface area contributed by atoms with Crippen LogP contribution >= 0.6 is 0 Å². The van der Waals surface area contributed by atoms with E-state index in [0.29, 0.717) is 48.1 Å². The zero-order valence-electron chi connectivity index (χ0n) is 19.0. The Morgan fingerprint density at radius 2 is 2.00 bits per heavy atom. The van der Waals surface area contributed by atoms with Crippen LogP contribution in [0.1, 0.15) is 23.2 Å². The summed E-state index contributed by atoms with van der Waals surface area (Å²) in [6, 6.07) is 3.90. The molecular formula is C25H27FN4O4. The molecule has 2 aliphatic heterocycles. The van der Waals surface area contributed by atoms with Crippen LogP contribution in [0.25, 0.3) is 17.5 Å². The normalized spacial score (nSPS) is 23.6. The number of carbonyl (C=O) groups is 1. The molecule has 8 nitrogen and oxygen atoms in total. The van der Waals surface area contributed by atoms with E-state index in [1.807, 2.05) is 7.05 Å². The Morgan fingerprint density at radius 1 is 1.24 bits per heavy atom. The molecule has 34 heavy (non-hydrogen) atoms. The minimum atomic E-state index is -1.49. The van der Waals surface area contributed by atoms with Crippen molar-refractivity contribution in [1.82, 2.24) is 19.7 Å². The molecule has 1 amide bonds. The first-order valence-corrected chi connectivity index (χ1v) is 11.8. The SMILES string of the molecule is CN1CCN(C(=O)c2cn3c4c(c2=O)=CC(F)C(NCC2CC2)C=4Oc2cc(O)ccc2-3)CC1. The summed E-state index contributed by atoms with van der Waals surface area (Å²) in [6.07, 6.45) is 3.61. The summed E-state index contributed by atoms with van der Waals surface area (Å²) in [6.45, 7) is 3.18. The van der Waals surface area contributed by atoms with Crippen molar-refractivity contribution in [3.05, 3.63) is 50.8 Å². The first-order valence-electron chi connectivity index (χ1n) is 11.8. The number of amides is 1. The molecule has 2 fully saturated rings. The van der Waals surface area contributed by atoms with Crippen LogP contribution < -0.4 is 26.1 Å². The van der Waals surface area contributed by atoms with Gasteiger partial charge in [-0.1, -0.05) is 0 Å². The molecular weight excluding hydrogens is 439 g/mol. The molecule has 0 spiro atoms. The molecule has 3 heterocycles. The molecule has 0 bridgehead atoms. The van der Waals surface area contributed by atoms with E-state index >= 15 is 4.39 Å². The molecule has 6 rings (SSSR count). The Bertz CT molecular complexity index is 1360. The zero-order valence-corrected chi connectivity index (χ0v) is 19.0. The summed E-state index contributed by atoms with van der Waals surface area (Å²) in [4.78, 5) is 30.7. The zero-order chi connectivity index (χ0) is 23.6. The van der Waals surface area contributed by atoms with Gasteiger partial charge in [-0.3, -0.25) is 9.59 Å². The third-order valence-corrected chi connectivity index (χ3v) is 7.17. The largest absolute Gasteiger partial charge is 0.508 e. The van der Waals surface area contributed by atoms with Crippen molar-refractivity contribution in [3.63, 3.8) is 0 Å². The van der Waals surface area contributed by atoms with Gasteiger partial charge in [0.2, 0.25) is 5.43 Å². The lowest BCUT2D eigenvalue weighted by atomic mass is 9.99. The fourth-order valence-corrected chi connectivity index (χ4v) is 4.95. The highest BCUT2D eigenvalue weighted by Crippen LogP contribution is 2.33. The Kier molecular flexibility index (Phi) is 5.00. The van der Waals surface area contributed by atoms with Crippen LogP contribution in [-0.4, -0.2) is 77.4 Å². The van der Waals surface area contributed by atoms with E-state index in [0.717, 1.165) is 25.9 Å². The predicted molar refractivity (Wildman–Crippen MR) is 124 cm³/mol. The molecule has 4 aliphatic rings. The number of pyridine rings is 1. The molecule has 1 aromatic carbocycles. The quantitative estimate of drug-likeness (QED) is 0.656. The van der Waals surface area contributed by atoms with E-state index in [-0.39, 0.29) is 22.4 Å². The maximum absolute atomic E-state index is 15.4. The number of halogens is 1. The number of carbonyl (C=O) groups excluding carboxylic acids is 1. The van der Waals surface area contributed by atoms with Crippen LogP contribution in [0, 0.1) is 5.92 Å². The number of aromatic nitrogens is 1. The van der Waals surface area contributed by atoms with Crippen molar-refractivity contribution in [2.24, 2.45) is 5.92 Å². The van der Waals surface area contributed by atoms with Crippen LogP contribution in [0.3, 0.4) is 0 Å². The molecule has 9 heteroatoms. The van der Waals surface area contributed by atoms with Crippen molar-refractivity contribution < 1.29 is 19.0 Å². The van der Waals surface area contributed by atoms with Crippen LogP contribution in [0.4, 0.5) is 4.39 Å². The van der Waals surface area contributed by atoms with Gasteiger partial charge in [0, 0.05) is 43.7 Å². The second kappa shape index (κ2) is 7.95. The molecule has 2 aromatic rings. The van der Waals surface area contributed by atoms with E-state index in [1.165, 1.54) is 18.2 Å². The number of nitrogens with zero attached hydrogens (tertiary/aromatic N) is 3. The van der Waals surface area contributed by atoms with Crippen LogP contribution in [0.15, 0.2) is 29.2 Å². The lowest BCUT2D eigenvalue weighted by Crippen LogP contribution is -2.59. The highest BCUT2D eigenvalue weighted by Gasteiger charge is 2.36. The molecule has 178 valence electrons. The lowest BCUT2D eigenvalue weighted by Gasteiger charge is -2.33. The Morgan fingerprint density at radius 3 is 2.74 bits per heavy atom. The van der Waals surface area contributed by atoms with Crippen molar-refractivity contribution in [3.8, 4) is 17.2 Å². The lowest BCUT2D eigenvalue weighted by molar-refractivity contribution is 0.0662. The van der Waals surface area contributed by atoms with Crippen LogP contribution in [0.2, 0.25) is 0 Å². The number of piperazine rings is 1. The molecule has 0 radical (unpaired) electrons. The van der Waals surface area contributed by atoms with Gasteiger partial charge in [0.25, 0.3) is 5.91 Å². The van der Waals surface area contributed by atoms with Gasteiger partial charge in [-0.25, -0.2) is 4.39 Å². The minimum absolute atomic E-state index is 0.0106. The highest BCUT2D eigenvalue weighted by atomic mass is 19.1. The average Bonchev–Trinajstić information content (AvgIpc) is 3.64. The first-order chi connectivity index (χ1) is 16.4. The number of likely N-dealkylation sites (N-methyl/N-ethyl adjacent to an activating group) is 1. The van der Waals surface area contributed by atoms with E-state index in [1.54, 1.807) is 21.7 Å². The molecule has 2 atom stereocenters. The highest BCUT2D eigenvalue weighted by molar-refractivity contribution is 5.94.